The fourth-order valence-corrected chi connectivity index (χ4v) is 2.16. The number of carbonyl (C=O) groups is 1. The predicted molar refractivity (Wildman–Crippen MR) is 87.4 cm³/mol. The van der Waals surface area contributed by atoms with E-state index in [0.717, 1.165) is 10.0 Å². The van der Waals surface area contributed by atoms with E-state index in [4.69, 9.17) is 17.3 Å². The first-order chi connectivity index (χ1) is 9.45. The molecular formula is C14H13BrClN3O. The Bertz CT molecular complexity index is 661. The number of benzene rings is 2. The Morgan fingerprint density at radius 2 is 1.95 bits per heavy atom. The van der Waals surface area contributed by atoms with Crippen molar-refractivity contribution in [2.45, 2.75) is 6.92 Å². The van der Waals surface area contributed by atoms with Gasteiger partial charge < -0.3 is 16.4 Å². The number of hydrogen-bond acceptors (Lipinski definition) is 2. The Hall–Kier alpha value is -1.72. The van der Waals surface area contributed by atoms with Gasteiger partial charge in [-0.05, 0) is 42.8 Å². The molecule has 0 bridgehead atoms. The van der Waals surface area contributed by atoms with Crippen LogP contribution in [0.2, 0.25) is 5.02 Å². The average Bonchev–Trinajstić information content (AvgIpc) is 2.37. The number of nitrogens with one attached hydrogen (secondary N) is 2. The summed E-state index contributed by atoms with van der Waals surface area (Å²) in [5.74, 6) is 0. The third-order valence-corrected chi connectivity index (χ3v) is 3.59. The highest BCUT2D eigenvalue weighted by atomic mass is 79.9. The zero-order valence-corrected chi connectivity index (χ0v) is 13.0. The lowest BCUT2D eigenvalue weighted by atomic mass is 10.2. The first kappa shape index (κ1) is 14.7. The molecule has 4 N–H and O–H groups in total. The Labute approximate surface area is 130 Å². The van der Waals surface area contributed by atoms with Crippen LogP contribution in [0.4, 0.5) is 21.9 Å². The third-order valence-electron chi connectivity index (χ3n) is 2.69. The molecule has 0 saturated carbocycles. The lowest BCUT2D eigenvalue weighted by molar-refractivity contribution is 0.262. The maximum atomic E-state index is 11.9. The molecule has 20 heavy (non-hydrogen) atoms. The summed E-state index contributed by atoms with van der Waals surface area (Å²) < 4.78 is 0.853. The second-order valence-corrected chi connectivity index (χ2v) is 5.60. The Balaban J connectivity index is 2.07. The second kappa shape index (κ2) is 6.15. The molecule has 0 atom stereocenters. The molecule has 0 aromatic heterocycles. The fraction of sp³-hybridized carbons (Fsp3) is 0.0714. The van der Waals surface area contributed by atoms with E-state index in [0.29, 0.717) is 22.1 Å². The fourth-order valence-electron chi connectivity index (χ4n) is 1.60. The number of hydrogen-bond donors (Lipinski definition) is 3. The lowest BCUT2D eigenvalue weighted by Gasteiger charge is -2.10. The van der Waals surface area contributed by atoms with Crippen molar-refractivity contribution < 1.29 is 4.79 Å². The van der Waals surface area contributed by atoms with Gasteiger partial charge in [-0.2, -0.15) is 0 Å². The highest BCUT2D eigenvalue weighted by molar-refractivity contribution is 9.10. The minimum Gasteiger partial charge on any atom is -0.397 e. The highest BCUT2D eigenvalue weighted by Crippen LogP contribution is 2.24. The number of halogens is 2. The van der Waals surface area contributed by atoms with Gasteiger partial charge in [0.05, 0.1) is 11.4 Å². The molecule has 2 aromatic carbocycles. The molecule has 2 rings (SSSR count). The number of nitrogen functional groups attached to an aromatic ring is 1. The Morgan fingerprint density at radius 3 is 2.60 bits per heavy atom. The Kier molecular flexibility index (Phi) is 4.52. The average molecular weight is 355 g/mol. The molecule has 0 heterocycles. The standard InChI is InChI=1S/C14H13BrClN3O/c1-8-2-4-10(7-11(8)16)18-14(20)19-13-5-3-9(15)6-12(13)17/h2-7H,17H2,1H3,(H2,18,19,20). The SMILES string of the molecule is Cc1ccc(NC(=O)Nc2ccc(Br)cc2N)cc1Cl. The van der Waals surface area contributed by atoms with E-state index in [2.05, 4.69) is 26.6 Å². The maximum absolute atomic E-state index is 11.9. The van der Waals surface area contributed by atoms with Crippen LogP contribution in [0, 0.1) is 6.92 Å². The highest BCUT2D eigenvalue weighted by Gasteiger charge is 2.06. The van der Waals surface area contributed by atoms with E-state index < -0.39 is 0 Å². The summed E-state index contributed by atoms with van der Waals surface area (Å²) in [6.45, 7) is 1.90. The number of rotatable bonds is 2. The van der Waals surface area contributed by atoms with Gasteiger partial charge in [0.15, 0.2) is 0 Å². The molecular weight excluding hydrogens is 342 g/mol. The van der Waals surface area contributed by atoms with E-state index >= 15 is 0 Å². The summed E-state index contributed by atoms with van der Waals surface area (Å²) in [5, 5.41) is 5.98. The first-order valence-electron chi connectivity index (χ1n) is 5.85. The van der Waals surface area contributed by atoms with Crippen LogP contribution in [0.25, 0.3) is 0 Å². The molecule has 4 nitrogen and oxygen atoms in total. The summed E-state index contributed by atoms with van der Waals surface area (Å²) in [6.07, 6.45) is 0. The van der Waals surface area contributed by atoms with Crippen LogP contribution in [-0.2, 0) is 0 Å². The second-order valence-electron chi connectivity index (χ2n) is 4.27. The smallest absolute Gasteiger partial charge is 0.323 e. The molecule has 0 saturated heterocycles. The summed E-state index contributed by atoms with van der Waals surface area (Å²) >= 11 is 9.31. The number of anilines is 3. The van der Waals surface area contributed by atoms with Gasteiger partial charge in [0.25, 0.3) is 0 Å². The van der Waals surface area contributed by atoms with Crippen molar-refractivity contribution in [1.82, 2.24) is 0 Å². The van der Waals surface area contributed by atoms with Gasteiger partial charge in [-0.25, -0.2) is 4.79 Å². The van der Waals surface area contributed by atoms with Crippen LogP contribution in [0.15, 0.2) is 40.9 Å². The summed E-state index contributed by atoms with van der Waals surface area (Å²) in [4.78, 5) is 11.9. The van der Waals surface area contributed by atoms with Gasteiger partial charge in [0, 0.05) is 15.2 Å². The van der Waals surface area contributed by atoms with Gasteiger partial charge >= 0.3 is 6.03 Å². The molecule has 0 aliphatic carbocycles. The molecule has 0 aliphatic rings. The number of aryl methyl sites for hydroxylation is 1. The molecule has 2 aromatic rings. The van der Waals surface area contributed by atoms with Crippen molar-refractivity contribution in [3.63, 3.8) is 0 Å². The first-order valence-corrected chi connectivity index (χ1v) is 7.02. The van der Waals surface area contributed by atoms with E-state index in [9.17, 15) is 4.79 Å². The molecule has 0 fully saturated rings. The van der Waals surface area contributed by atoms with Gasteiger partial charge in [-0.3, -0.25) is 0 Å². The minimum absolute atomic E-state index is 0.376. The van der Waals surface area contributed by atoms with Crippen molar-refractivity contribution in [1.29, 1.82) is 0 Å². The van der Waals surface area contributed by atoms with Gasteiger partial charge in [-0.15, -0.1) is 0 Å². The van der Waals surface area contributed by atoms with Crippen LogP contribution < -0.4 is 16.4 Å². The largest absolute Gasteiger partial charge is 0.397 e. The van der Waals surface area contributed by atoms with E-state index in [1.165, 1.54) is 0 Å². The van der Waals surface area contributed by atoms with Crippen molar-refractivity contribution in [3.8, 4) is 0 Å². The molecule has 0 unspecified atom stereocenters. The quantitative estimate of drug-likeness (QED) is 0.688. The molecule has 2 amide bonds. The summed E-state index contributed by atoms with van der Waals surface area (Å²) in [7, 11) is 0. The van der Waals surface area contributed by atoms with Crippen LogP contribution in [0.3, 0.4) is 0 Å². The minimum atomic E-state index is -0.376. The van der Waals surface area contributed by atoms with Crippen molar-refractivity contribution >= 4 is 50.6 Å². The predicted octanol–water partition coefficient (Wildman–Crippen LogP) is 4.64. The number of nitrogens with two attached hydrogens (primary N) is 1. The summed E-state index contributed by atoms with van der Waals surface area (Å²) in [6, 6.07) is 10.2. The maximum Gasteiger partial charge on any atom is 0.323 e. The zero-order valence-electron chi connectivity index (χ0n) is 10.7. The van der Waals surface area contributed by atoms with Crippen LogP contribution in [0.1, 0.15) is 5.56 Å². The number of urea groups is 1. The monoisotopic (exact) mass is 353 g/mol. The van der Waals surface area contributed by atoms with E-state index in [1.807, 2.05) is 13.0 Å². The zero-order chi connectivity index (χ0) is 14.7. The lowest BCUT2D eigenvalue weighted by Crippen LogP contribution is -2.20. The van der Waals surface area contributed by atoms with E-state index in [1.54, 1.807) is 30.3 Å². The van der Waals surface area contributed by atoms with Crippen molar-refractivity contribution in [2.24, 2.45) is 0 Å². The topological polar surface area (TPSA) is 67.2 Å². The third kappa shape index (κ3) is 3.65. The number of amides is 2. The Morgan fingerprint density at radius 1 is 1.20 bits per heavy atom. The van der Waals surface area contributed by atoms with Crippen LogP contribution in [0.5, 0.6) is 0 Å². The van der Waals surface area contributed by atoms with Gasteiger partial charge in [0.2, 0.25) is 0 Å². The van der Waals surface area contributed by atoms with Gasteiger partial charge in [0.1, 0.15) is 0 Å². The van der Waals surface area contributed by atoms with Crippen molar-refractivity contribution in [2.75, 3.05) is 16.4 Å². The molecule has 104 valence electrons. The molecule has 6 heteroatoms. The number of carbonyl (C=O) groups excluding carboxylic acids is 1. The van der Waals surface area contributed by atoms with E-state index in [-0.39, 0.29) is 6.03 Å². The molecule has 0 aliphatic heterocycles. The molecule has 0 spiro atoms. The summed E-state index contributed by atoms with van der Waals surface area (Å²) in [5.41, 5.74) is 8.41. The molecule has 0 radical (unpaired) electrons. The van der Waals surface area contributed by atoms with Crippen LogP contribution >= 0.6 is 27.5 Å². The normalized spacial score (nSPS) is 10.2. The van der Waals surface area contributed by atoms with Crippen molar-refractivity contribution in [3.05, 3.63) is 51.5 Å². The van der Waals surface area contributed by atoms with Gasteiger partial charge in [-0.1, -0.05) is 33.6 Å². The van der Waals surface area contributed by atoms with Crippen LogP contribution in [-0.4, -0.2) is 6.03 Å².